The predicted octanol–water partition coefficient (Wildman–Crippen LogP) is 11.5. The number of hydrogen-bond donors (Lipinski definition) is 2. The number of aromatic nitrogens is 2. The molecule has 53 heavy (non-hydrogen) atoms. The second-order valence-corrected chi connectivity index (χ2v) is 14.2. The molecule has 0 unspecified atom stereocenters. The van der Waals surface area contributed by atoms with Crippen LogP contribution in [0.4, 0.5) is 0 Å². The number of hydrazine groups is 1. The summed E-state index contributed by atoms with van der Waals surface area (Å²) in [5.74, 6) is 0. The Bertz CT molecular complexity index is 2840. The van der Waals surface area contributed by atoms with E-state index in [4.69, 9.17) is 0 Å². The highest BCUT2D eigenvalue weighted by molar-refractivity contribution is 6.19. The van der Waals surface area contributed by atoms with Crippen molar-refractivity contribution in [3.8, 4) is 11.4 Å². The smallest absolute Gasteiger partial charge is 0.0562 e. The van der Waals surface area contributed by atoms with Crippen LogP contribution in [0.1, 0.15) is 24.0 Å². The largest absolute Gasteiger partial charge is 0.309 e. The Morgan fingerprint density at radius 1 is 0.491 bits per heavy atom. The third-order valence-corrected chi connectivity index (χ3v) is 10.9. The van der Waals surface area contributed by atoms with E-state index in [1.807, 2.05) is 0 Å². The first kappa shape index (κ1) is 31.5. The van der Waals surface area contributed by atoms with Crippen LogP contribution < -0.4 is 10.9 Å². The molecule has 1 aliphatic carbocycles. The molecule has 0 spiro atoms. The number of nitrogens with one attached hydrogen (secondary N) is 2. The van der Waals surface area contributed by atoms with Gasteiger partial charge in [0.05, 0.1) is 22.1 Å². The van der Waals surface area contributed by atoms with E-state index in [9.17, 15) is 0 Å². The minimum atomic E-state index is 0.207. The molecule has 256 valence electrons. The van der Waals surface area contributed by atoms with Crippen molar-refractivity contribution < 1.29 is 0 Å². The lowest BCUT2D eigenvalue weighted by Crippen LogP contribution is -2.42. The van der Waals surface area contributed by atoms with Crippen molar-refractivity contribution in [3.05, 3.63) is 193 Å². The normalized spacial score (nSPS) is 13.8. The molecule has 2 N–H and O–H groups in total. The molecule has 10 rings (SSSR count). The highest BCUT2D eigenvalue weighted by Crippen LogP contribution is 2.39. The van der Waals surface area contributed by atoms with E-state index in [1.165, 1.54) is 76.8 Å². The summed E-state index contributed by atoms with van der Waals surface area (Å²) in [5, 5.41) is 7.53. The summed E-state index contributed by atoms with van der Waals surface area (Å²) in [5.41, 5.74) is 18.3. The Balaban J connectivity index is 1.00. The Kier molecular flexibility index (Phi) is 7.98. The van der Waals surface area contributed by atoms with Crippen molar-refractivity contribution in [1.82, 2.24) is 20.0 Å². The van der Waals surface area contributed by atoms with Gasteiger partial charge in [0.2, 0.25) is 0 Å². The third kappa shape index (κ3) is 5.73. The minimum Gasteiger partial charge on any atom is -0.309 e. The Morgan fingerprint density at radius 3 is 1.85 bits per heavy atom. The molecule has 1 atom stereocenters. The van der Waals surface area contributed by atoms with Crippen LogP contribution in [0, 0.1) is 0 Å². The van der Waals surface area contributed by atoms with Gasteiger partial charge in [-0.15, -0.1) is 0 Å². The maximum atomic E-state index is 3.66. The zero-order chi connectivity index (χ0) is 35.1. The van der Waals surface area contributed by atoms with Crippen LogP contribution in [0.15, 0.2) is 182 Å². The monoisotopic (exact) mass is 684 g/mol. The summed E-state index contributed by atoms with van der Waals surface area (Å²) < 4.78 is 4.85. The highest BCUT2D eigenvalue weighted by Gasteiger charge is 2.19. The standard InChI is InChI=1S/C49H40N4/c1-4-14-34(15-5-1)29-45(36-16-6-2-7-17-36)51-50-33-35-24-25-38-30-40(27-26-37(38)28-35)53-47-23-13-11-21-42(47)44-31-43-41-20-10-12-22-46(41)52(48(43)32-49(44)53)39-18-8-3-9-19-39/h1,3-6,8-28,30-32,45,50-51H,2,7,29,33H2/t45-/m0/s1. The number of para-hydroxylation sites is 3. The quantitative estimate of drug-likeness (QED) is 0.148. The predicted molar refractivity (Wildman–Crippen MR) is 223 cm³/mol. The van der Waals surface area contributed by atoms with E-state index in [1.54, 1.807) is 0 Å². The fraction of sp³-hybridized carbons (Fsp3) is 0.102. The van der Waals surface area contributed by atoms with Gasteiger partial charge in [0, 0.05) is 45.5 Å². The summed E-state index contributed by atoms with van der Waals surface area (Å²) in [7, 11) is 0. The molecule has 0 amide bonds. The zero-order valence-corrected chi connectivity index (χ0v) is 29.5. The zero-order valence-electron chi connectivity index (χ0n) is 29.5. The van der Waals surface area contributed by atoms with Crippen LogP contribution in [-0.4, -0.2) is 15.2 Å². The number of allylic oxidation sites excluding steroid dienone is 2. The third-order valence-electron chi connectivity index (χ3n) is 10.9. The second kappa shape index (κ2) is 13.4. The summed E-state index contributed by atoms with van der Waals surface area (Å²) >= 11 is 0. The number of benzene rings is 7. The SMILES string of the molecule is C1=CC([C@H](Cc2ccccc2)NNCc2ccc3cc(-n4c5ccccc5c5cc6c7ccccc7n(-c7ccccc7)c6cc54)ccc3c2)=CCC1. The van der Waals surface area contributed by atoms with Crippen molar-refractivity contribution in [3.63, 3.8) is 0 Å². The minimum absolute atomic E-state index is 0.207. The van der Waals surface area contributed by atoms with Crippen molar-refractivity contribution in [2.24, 2.45) is 0 Å². The number of nitrogens with zero attached hydrogens (tertiary/aromatic N) is 2. The first-order valence-electron chi connectivity index (χ1n) is 18.7. The molecule has 0 saturated carbocycles. The van der Waals surface area contributed by atoms with Gasteiger partial charge in [-0.1, -0.05) is 121 Å². The van der Waals surface area contributed by atoms with Gasteiger partial charge in [0.1, 0.15) is 0 Å². The molecule has 0 fully saturated rings. The maximum absolute atomic E-state index is 3.66. The second-order valence-electron chi connectivity index (χ2n) is 14.2. The van der Waals surface area contributed by atoms with E-state index >= 15 is 0 Å². The van der Waals surface area contributed by atoms with Gasteiger partial charge in [-0.3, -0.25) is 5.43 Å². The molecule has 4 nitrogen and oxygen atoms in total. The van der Waals surface area contributed by atoms with E-state index < -0.39 is 0 Å². The first-order valence-corrected chi connectivity index (χ1v) is 18.7. The molecule has 2 aromatic heterocycles. The molecule has 0 radical (unpaired) electrons. The van der Waals surface area contributed by atoms with E-state index in [-0.39, 0.29) is 6.04 Å². The fourth-order valence-electron chi connectivity index (χ4n) is 8.37. The summed E-state index contributed by atoms with van der Waals surface area (Å²) in [6.07, 6.45) is 10.1. The van der Waals surface area contributed by atoms with Crippen molar-refractivity contribution in [2.45, 2.75) is 31.8 Å². The molecule has 4 heteroatoms. The van der Waals surface area contributed by atoms with Crippen LogP contribution in [-0.2, 0) is 13.0 Å². The van der Waals surface area contributed by atoms with Gasteiger partial charge in [-0.25, -0.2) is 5.43 Å². The number of rotatable bonds is 9. The molecule has 7 aromatic carbocycles. The Labute approximate surface area is 309 Å². The molecular weight excluding hydrogens is 645 g/mol. The van der Waals surface area contributed by atoms with E-state index in [0.717, 1.165) is 31.5 Å². The van der Waals surface area contributed by atoms with Gasteiger partial charge < -0.3 is 9.13 Å². The van der Waals surface area contributed by atoms with Crippen LogP contribution in [0.5, 0.6) is 0 Å². The molecule has 9 aromatic rings. The van der Waals surface area contributed by atoms with Crippen molar-refractivity contribution >= 4 is 54.4 Å². The summed E-state index contributed by atoms with van der Waals surface area (Å²) in [4.78, 5) is 0. The summed E-state index contributed by atoms with van der Waals surface area (Å²) in [6, 6.07) is 57.8. The van der Waals surface area contributed by atoms with E-state index in [0.29, 0.717) is 0 Å². The van der Waals surface area contributed by atoms with Gasteiger partial charge in [0.15, 0.2) is 0 Å². The molecule has 0 bridgehead atoms. The van der Waals surface area contributed by atoms with Crippen LogP contribution in [0.2, 0.25) is 0 Å². The topological polar surface area (TPSA) is 33.9 Å². The van der Waals surface area contributed by atoms with E-state index in [2.05, 4.69) is 196 Å². The molecule has 1 aliphatic rings. The average Bonchev–Trinajstić information content (AvgIpc) is 3.72. The molecule has 0 aliphatic heterocycles. The molecule has 0 saturated heterocycles. The van der Waals surface area contributed by atoms with Gasteiger partial charge in [-0.05, 0) is 101 Å². The van der Waals surface area contributed by atoms with Crippen LogP contribution >= 0.6 is 0 Å². The lowest BCUT2D eigenvalue weighted by Gasteiger charge is -2.23. The van der Waals surface area contributed by atoms with Gasteiger partial charge >= 0.3 is 0 Å². The lowest BCUT2D eigenvalue weighted by molar-refractivity contribution is 0.463. The Hall–Kier alpha value is -6.20. The van der Waals surface area contributed by atoms with Crippen molar-refractivity contribution in [2.75, 3.05) is 0 Å². The molecular formula is C49H40N4. The first-order chi connectivity index (χ1) is 26.3. The lowest BCUT2D eigenvalue weighted by atomic mass is 9.95. The summed E-state index contributed by atoms with van der Waals surface area (Å²) in [6.45, 7) is 0.734. The number of fused-ring (bicyclic) bond motifs is 7. The fourth-order valence-corrected chi connectivity index (χ4v) is 8.37. The van der Waals surface area contributed by atoms with Crippen LogP contribution in [0.25, 0.3) is 65.8 Å². The van der Waals surface area contributed by atoms with Crippen LogP contribution in [0.3, 0.4) is 0 Å². The molecule has 2 heterocycles. The van der Waals surface area contributed by atoms with Gasteiger partial charge in [0.25, 0.3) is 0 Å². The average molecular weight is 685 g/mol. The van der Waals surface area contributed by atoms with Crippen molar-refractivity contribution in [1.29, 1.82) is 0 Å². The number of hydrogen-bond acceptors (Lipinski definition) is 2. The maximum Gasteiger partial charge on any atom is 0.0562 e. The Morgan fingerprint density at radius 2 is 1.13 bits per heavy atom. The highest BCUT2D eigenvalue weighted by atomic mass is 15.4. The van der Waals surface area contributed by atoms with Gasteiger partial charge in [-0.2, -0.15) is 0 Å².